The Morgan fingerprint density at radius 1 is 0.750 bits per heavy atom. The van der Waals surface area contributed by atoms with Crippen LogP contribution in [0.15, 0.2) is 0 Å². The van der Waals surface area contributed by atoms with Crippen molar-refractivity contribution >= 4 is 7.32 Å². The van der Waals surface area contributed by atoms with Gasteiger partial charge in [-0.1, -0.05) is 0 Å². The molecule has 0 N–H and O–H groups in total. The Hall–Kier alpha value is -1.59. The molecule has 0 rings (SSSR count). The van der Waals surface area contributed by atoms with Crippen molar-refractivity contribution in [1.82, 2.24) is 0 Å². The lowest BCUT2D eigenvalue weighted by atomic mass is 10.2. The number of rotatable bonds is 6. The van der Waals surface area contributed by atoms with Gasteiger partial charge in [0.2, 0.25) is 0 Å². The lowest BCUT2D eigenvalue weighted by Crippen LogP contribution is -2.35. The van der Waals surface area contributed by atoms with Gasteiger partial charge in [0.1, 0.15) is 18.3 Å². The fourth-order valence-electron chi connectivity index (χ4n) is 0.688. The third kappa shape index (κ3) is 6.00. The highest BCUT2D eigenvalue weighted by atomic mass is 16.7. The third-order valence-electron chi connectivity index (χ3n) is 1.49. The predicted octanol–water partition coefficient (Wildman–Crippen LogP) is 0.757. The lowest BCUT2D eigenvalue weighted by Gasteiger charge is -2.17. The fourth-order valence-corrected chi connectivity index (χ4v) is 0.688. The van der Waals surface area contributed by atoms with E-state index in [0.717, 1.165) is 0 Å². The van der Waals surface area contributed by atoms with Crippen LogP contribution in [0.3, 0.4) is 0 Å². The van der Waals surface area contributed by atoms with Crippen LogP contribution in [-0.4, -0.2) is 25.6 Å². The van der Waals surface area contributed by atoms with E-state index in [9.17, 15) is 0 Å². The van der Waals surface area contributed by atoms with Crippen molar-refractivity contribution in [3.8, 4) is 18.2 Å². The first-order chi connectivity index (χ1) is 7.53. The van der Waals surface area contributed by atoms with Gasteiger partial charge in [-0.05, 0) is 20.8 Å². The van der Waals surface area contributed by atoms with Crippen molar-refractivity contribution in [2.75, 3.05) is 0 Å². The molecule has 0 aliphatic rings. The molecule has 0 aromatic rings. The summed E-state index contributed by atoms with van der Waals surface area (Å²) in [5.41, 5.74) is 0. The lowest BCUT2D eigenvalue weighted by molar-refractivity contribution is 0.0577. The van der Waals surface area contributed by atoms with Crippen molar-refractivity contribution in [2.24, 2.45) is 0 Å². The van der Waals surface area contributed by atoms with Gasteiger partial charge < -0.3 is 14.0 Å². The van der Waals surface area contributed by atoms with E-state index >= 15 is 0 Å². The van der Waals surface area contributed by atoms with Crippen LogP contribution in [0.2, 0.25) is 0 Å². The Kier molecular flexibility index (Phi) is 6.91. The molecule has 3 unspecified atom stereocenters. The van der Waals surface area contributed by atoms with Crippen molar-refractivity contribution < 1.29 is 14.0 Å². The molecule has 0 aromatic heterocycles. The maximum atomic E-state index is 8.55. The summed E-state index contributed by atoms with van der Waals surface area (Å²) < 4.78 is 15.1. The molecule has 3 atom stereocenters. The molecule has 0 aliphatic carbocycles. The van der Waals surface area contributed by atoms with Gasteiger partial charge in [0.05, 0.1) is 18.2 Å². The maximum Gasteiger partial charge on any atom is 0.642 e. The molecular formula is C9H12BN3O3. The van der Waals surface area contributed by atoms with E-state index < -0.39 is 25.6 Å². The van der Waals surface area contributed by atoms with Gasteiger partial charge >= 0.3 is 7.32 Å². The van der Waals surface area contributed by atoms with Crippen LogP contribution in [-0.2, 0) is 14.0 Å². The average molecular weight is 221 g/mol. The normalized spacial score (nSPS) is 15.0. The van der Waals surface area contributed by atoms with Crippen LogP contribution >= 0.6 is 0 Å². The van der Waals surface area contributed by atoms with Gasteiger partial charge in [-0.3, -0.25) is 0 Å². The van der Waals surface area contributed by atoms with E-state index in [2.05, 4.69) is 0 Å². The van der Waals surface area contributed by atoms with Gasteiger partial charge in [0.25, 0.3) is 0 Å². The van der Waals surface area contributed by atoms with Crippen LogP contribution in [0.1, 0.15) is 20.8 Å². The average Bonchev–Trinajstić information content (AvgIpc) is 2.28. The van der Waals surface area contributed by atoms with Crippen LogP contribution in [0.5, 0.6) is 0 Å². The molecule has 0 aliphatic heterocycles. The monoisotopic (exact) mass is 221 g/mol. The van der Waals surface area contributed by atoms with Crippen molar-refractivity contribution in [2.45, 2.75) is 39.1 Å². The van der Waals surface area contributed by atoms with Crippen LogP contribution < -0.4 is 0 Å². The number of nitrogens with zero attached hydrogens (tertiary/aromatic N) is 3. The van der Waals surface area contributed by atoms with Gasteiger partial charge in [-0.2, -0.15) is 15.8 Å². The molecule has 0 heterocycles. The molecule has 0 saturated carbocycles. The highest BCUT2D eigenvalue weighted by molar-refractivity contribution is 6.36. The smallest absolute Gasteiger partial charge is 0.370 e. The number of hydrogen-bond donors (Lipinski definition) is 0. The standard InChI is InChI=1S/C9H12BN3O3/c1-7(4-11)14-10(15-8(2)5-12)16-9(3)6-13/h7-9H,1-3H3. The summed E-state index contributed by atoms with van der Waals surface area (Å²) in [6.45, 7) is 4.52. The molecule has 0 amide bonds. The second kappa shape index (κ2) is 7.67. The number of nitriles is 3. The minimum atomic E-state index is -1.20. The Morgan fingerprint density at radius 2 is 1.00 bits per heavy atom. The molecule has 0 radical (unpaired) electrons. The molecule has 0 saturated heterocycles. The van der Waals surface area contributed by atoms with Crippen molar-refractivity contribution in [3.63, 3.8) is 0 Å². The van der Waals surface area contributed by atoms with Gasteiger partial charge in [-0.15, -0.1) is 0 Å². The minimum absolute atomic E-state index is 0.748. The highest BCUT2D eigenvalue weighted by Gasteiger charge is 2.29. The highest BCUT2D eigenvalue weighted by Crippen LogP contribution is 2.04. The van der Waals surface area contributed by atoms with Crippen molar-refractivity contribution in [1.29, 1.82) is 15.8 Å². The van der Waals surface area contributed by atoms with Crippen LogP contribution in [0.25, 0.3) is 0 Å². The SMILES string of the molecule is CC(C#N)OB(OC(C)C#N)OC(C)C#N. The quantitative estimate of drug-likeness (QED) is 0.613. The summed E-state index contributed by atoms with van der Waals surface area (Å²) in [5.74, 6) is 0. The molecule has 0 aromatic carbocycles. The van der Waals surface area contributed by atoms with Gasteiger partial charge in [0.15, 0.2) is 0 Å². The van der Waals surface area contributed by atoms with E-state index in [-0.39, 0.29) is 0 Å². The van der Waals surface area contributed by atoms with Crippen LogP contribution in [0.4, 0.5) is 0 Å². The number of hydrogen-bond acceptors (Lipinski definition) is 6. The van der Waals surface area contributed by atoms with Crippen molar-refractivity contribution in [3.05, 3.63) is 0 Å². The Morgan fingerprint density at radius 3 is 1.19 bits per heavy atom. The van der Waals surface area contributed by atoms with E-state index in [1.54, 1.807) is 0 Å². The second-order valence-electron chi connectivity index (χ2n) is 3.01. The first-order valence-electron chi connectivity index (χ1n) is 4.68. The molecule has 6 nitrogen and oxygen atoms in total. The molecule has 16 heavy (non-hydrogen) atoms. The summed E-state index contributed by atoms with van der Waals surface area (Å²) in [6, 6.07) is 5.49. The zero-order chi connectivity index (χ0) is 12.6. The summed E-state index contributed by atoms with van der Waals surface area (Å²) >= 11 is 0. The Balaban J connectivity index is 4.35. The van der Waals surface area contributed by atoms with E-state index in [1.807, 2.05) is 18.2 Å². The van der Waals surface area contributed by atoms with Crippen LogP contribution in [0, 0.1) is 34.0 Å². The molecule has 0 bridgehead atoms. The molecule has 84 valence electrons. The van der Waals surface area contributed by atoms with Gasteiger partial charge in [-0.25, -0.2) is 0 Å². The summed E-state index contributed by atoms with van der Waals surface area (Å²) in [7, 11) is -1.20. The van der Waals surface area contributed by atoms with E-state index in [1.165, 1.54) is 20.8 Å². The van der Waals surface area contributed by atoms with E-state index in [4.69, 9.17) is 29.7 Å². The summed E-state index contributed by atoms with van der Waals surface area (Å²) in [6.07, 6.45) is -2.25. The second-order valence-corrected chi connectivity index (χ2v) is 3.01. The van der Waals surface area contributed by atoms with E-state index in [0.29, 0.717) is 0 Å². The first-order valence-corrected chi connectivity index (χ1v) is 4.68. The zero-order valence-corrected chi connectivity index (χ0v) is 9.38. The summed E-state index contributed by atoms with van der Waals surface area (Å²) in [4.78, 5) is 0. The maximum absolute atomic E-state index is 8.55. The summed E-state index contributed by atoms with van der Waals surface area (Å²) in [5, 5.41) is 25.7. The first kappa shape index (κ1) is 14.4. The topological polar surface area (TPSA) is 99.1 Å². The molecule has 0 fully saturated rings. The Labute approximate surface area is 95.1 Å². The van der Waals surface area contributed by atoms with Gasteiger partial charge in [0, 0.05) is 0 Å². The molecular weight excluding hydrogens is 209 g/mol. The largest absolute Gasteiger partial charge is 0.642 e. The zero-order valence-electron chi connectivity index (χ0n) is 9.38. The fraction of sp³-hybridized carbons (Fsp3) is 0.667. The third-order valence-corrected chi connectivity index (χ3v) is 1.49. The predicted molar refractivity (Wildman–Crippen MR) is 54.2 cm³/mol. The molecule has 7 heteroatoms. The Bertz CT molecular complexity index is 278. The minimum Gasteiger partial charge on any atom is -0.370 e. The molecule has 0 spiro atoms.